The van der Waals surface area contributed by atoms with Gasteiger partial charge < -0.3 is 10.5 Å². The molecule has 0 aliphatic heterocycles. The van der Waals surface area contributed by atoms with Crippen molar-refractivity contribution < 1.29 is 18.3 Å². The van der Waals surface area contributed by atoms with Crippen LogP contribution in [0.3, 0.4) is 0 Å². The highest BCUT2D eigenvalue weighted by atomic mass is 19.3. The number of rotatable bonds is 8. The molecule has 0 radical (unpaired) electrons. The van der Waals surface area contributed by atoms with Crippen molar-refractivity contribution in [1.29, 1.82) is 0 Å². The third-order valence-corrected chi connectivity index (χ3v) is 4.47. The van der Waals surface area contributed by atoms with E-state index in [1.807, 2.05) is 6.92 Å². The Kier molecular flexibility index (Phi) is 6.13. The topological polar surface area (TPSA) is 52.3 Å². The molecule has 0 heterocycles. The van der Waals surface area contributed by atoms with Gasteiger partial charge in [0.05, 0.1) is 6.61 Å². The third kappa shape index (κ3) is 4.10. The van der Waals surface area contributed by atoms with Crippen molar-refractivity contribution >= 4 is 5.78 Å². The van der Waals surface area contributed by atoms with Gasteiger partial charge in [-0.3, -0.25) is 4.79 Å². The predicted octanol–water partition coefficient (Wildman–Crippen LogP) is 4.87. The molecule has 0 bridgehead atoms. The summed E-state index contributed by atoms with van der Waals surface area (Å²) in [7, 11) is 0. The Labute approximate surface area is 153 Å². The number of ketones is 1. The lowest BCUT2D eigenvalue weighted by Gasteiger charge is -2.33. The summed E-state index contributed by atoms with van der Waals surface area (Å²) in [4.78, 5) is 12.4. The first kappa shape index (κ1) is 20.0. The second-order valence-corrected chi connectivity index (χ2v) is 6.70. The fourth-order valence-corrected chi connectivity index (χ4v) is 2.54. The molecule has 0 amide bonds. The molecule has 3 nitrogen and oxygen atoms in total. The molecule has 0 aromatic heterocycles. The molecule has 2 aromatic carbocycles. The van der Waals surface area contributed by atoms with E-state index >= 15 is 0 Å². The molecule has 26 heavy (non-hydrogen) atoms. The van der Waals surface area contributed by atoms with Gasteiger partial charge >= 0.3 is 5.92 Å². The first-order valence-corrected chi connectivity index (χ1v) is 8.71. The Morgan fingerprint density at radius 1 is 1.08 bits per heavy atom. The number of nitrogens with two attached hydrogens (primary N) is 1. The number of aryl methyl sites for hydroxylation is 1. The smallest absolute Gasteiger partial charge is 0.331 e. The average Bonchev–Trinajstić information content (AvgIpc) is 2.62. The Bertz CT molecular complexity index is 738. The summed E-state index contributed by atoms with van der Waals surface area (Å²) in [6, 6.07) is 12.2. The van der Waals surface area contributed by atoms with Crippen LogP contribution in [0, 0.1) is 6.92 Å². The van der Waals surface area contributed by atoms with E-state index in [-0.39, 0.29) is 11.1 Å². The molecule has 0 aliphatic carbocycles. The van der Waals surface area contributed by atoms with E-state index in [0.29, 0.717) is 12.4 Å². The summed E-state index contributed by atoms with van der Waals surface area (Å²) in [5.41, 5.74) is 4.80. The van der Waals surface area contributed by atoms with Crippen LogP contribution in [0.2, 0.25) is 0 Å². The van der Waals surface area contributed by atoms with Crippen LogP contribution in [-0.2, 0) is 5.54 Å². The number of halogens is 2. The molecule has 2 aromatic rings. The number of benzene rings is 2. The lowest BCUT2D eigenvalue weighted by molar-refractivity contribution is -0.0410. The minimum Gasteiger partial charge on any atom is -0.494 e. The molecular formula is C21H25F2NO2. The number of ether oxygens (including phenoxy) is 1. The number of Topliss-reactive ketones (excluding diaryl/α,β-unsaturated/α-hetero) is 1. The van der Waals surface area contributed by atoms with Crippen molar-refractivity contribution in [3.8, 4) is 5.75 Å². The molecule has 2 rings (SSSR count). The van der Waals surface area contributed by atoms with Crippen LogP contribution in [0.25, 0.3) is 0 Å². The number of hydrogen-bond acceptors (Lipinski definition) is 3. The Morgan fingerprint density at radius 2 is 1.65 bits per heavy atom. The number of carbonyl (C=O) groups is 1. The average molecular weight is 361 g/mol. The van der Waals surface area contributed by atoms with E-state index in [4.69, 9.17) is 10.5 Å². The molecule has 0 saturated carbocycles. The van der Waals surface area contributed by atoms with E-state index in [0.717, 1.165) is 18.4 Å². The number of carbonyl (C=O) groups excluding carboxylic acids is 1. The highest BCUT2D eigenvalue weighted by molar-refractivity contribution is 6.02. The van der Waals surface area contributed by atoms with Crippen molar-refractivity contribution in [2.24, 2.45) is 5.73 Å². The van der Waals surface area contributed by atoms with Crippen molar-refractivity contribution in [3.05, 3.63) is 65.2 Å². The fourth-order valence-electron chi connectivity index (χ4n) is 2.54. The molecule has 1 unspecified atom stereocenters. The first-order chi connectivity index (χ1) is 12.2. The highest BCUT2D eigenvalue weighted by Gasteiger charge is 2.54. The lowest BCUT2D eigenvalue weighted by atomic mass is 9.82. The zero-order chi connectivity index (χ0) is 19.4. The van der Waals surface area contributed by atoms with Crippen LogP contribution in [0.4, 0.5) is 8.78 Å². The van der Waals surface area contributed by atoms with Gasteiger partial charge in [0.15, 0.2) is 0 Å². The summed E-state index contributed by atoms with van der Waals surface area (Å²) >= 11 is 0. The van der Waals surface area contributed by atoms with Gasteiger partial charge in [-0.05, 0) is 38.0 Å². The molecule has 140 valence electrons. The van der Waals surface area contributed by atoms with Crippen molar-refractivity contribution in [3.63, 3.8) is 0 Å². The van der Waals surface area contributed by atoms with E-state index in [2.05, 4.69) is 6.92 Å². The lowest BCUT2D eigenvalue weighted by Crippen LogP contribution is -2.55. The minimum absolute atomic E-state index is 0.0585. The van der Waals surface area contributed by atoms with E-state index in [1.165, 1.54) is 31.2 Å². The van der Waals surface area contributed by atoms with Crippen LogP contribution in [0.5, 0.6) is 5.75 Å². The maximum Gasteiger partial charge on any atom is 0.331 e. The normalized spacial score (nSPS) is 13.9. The van der Waals surface area contributed by atoms with Gasteiger partial charge in [0.2, 0.25) is 5.78 Å². The standard InChI is InChI=1S/C21H25F2NO2/c1-4-5-14-26-18-12-10-17(11-13-18)20(3,24)21(22,23)19(25)16-8-6-15(2)7-9-16/h6-13H,4-5,14,24H2,1-3H3. The maximum atomic E-state index is 14.9. The SMILES string of the molecule is CCCCOc1ccc(C(C)(N)C(F)(F)C(=O)c2ccc(C)cc2)cc1. The van der Waals surface area contributed by atoms with Gasteiger partial charge in [-0.25, -0.2) is 0 Å². The second-order valence-electron chi connectivity index (χ2n) is 6.70. The predicted molar refractivity (Wildman–Crippen MR) is 98.8 cm³/mol. The zero-order valence-corrected chi connectivity index (χ0v) is 15.4. The summed E-state index contributed by atoms with van der Waals surface area (Å²) in [5, 5.41) is 0. The molecule has 5 heteroatoms. The quantitative estimate of drug-likeness (QED) is 0.539. The van der Waals surface area contributed by atoms with Gasteiger partial charge in [0.25, 0.3) is 0 Å². The molecule has 2 N–H and O–H groups in total. The number of alkyl halides is 2. The van der Waals surface area contributed by atoms with Crippen LogP contribution in [0.1, 0.15) is 48.2 Å². The largest absolute Gasteiger partial charge is 0.494 e. The first-order valence-electron chi connectivity index (χ1n) is 8.71. The summed E-state index contributed by atoms with van der Waals surface area (Å²) in [6.07, 6.45) is 1.92. The zero-order valence-electron chi connectivity index (χ0n) is 15.4. The van der Waals surface area contributed by atoms with Gasteiger partial charge in [-0.15, -0.1) is 0 Å². The molecule has 1 atom stereocenters. The maximum absolute atomic E-state index is 14.9. The molecule has 0 aliphatic rings. The number of hydrogen-bond donors (Lipinski definition) is 1. The van der Waals surface area contributed by atoms with Crippen LogP contribution >= 0.6 is 0 Å². The fraction of sp³-hybridized carbons (Fsp3) is 0.381. The highest BCUT2D eigenvalue weighted by Crippen LogP contribution is 2.38. The monoisotopic (exact) mass is 361 g/mol. The molecule has 0 spiro atoms. The van der Waals surface area contributed by atoms with E-state index < -0.39 is 17.2 Å². The van der Waals surface area contributed by atoms with Gasteiger partial charge in [0, 0.05) is 5.56 Å². The van der Waals surface area contributed by atoms with Gasteiger partial charge in [-0.1, -0.05) is 55.3 Å². The van der Waals surface area contributed by atoms with Crippen LogP contribution < -0.4 is 10.5 Å². The van der Waals surface area contributed by atoms with Crippen molar-refractivity contribution in [2.45, 2.75) is 45.1 Å². The Hall–Kier alpha value is -2.27. The summed E-state index contributed by atoms with van der Waals surface area (Å²) < 4.78 is 35.4. The molecular weight excluding hydrogens is 336 g/mol. The van der Waals surface area contributed by atoms with Gasteiger partial charge in [-0.2, -0.15) is 8.78 Å². The summed E-state index contributed by atoms with van der Waals surface area (Å²) in [5.74, 6) is -4.45. The van der Waals surface area contributed by atoms with Crippen molar-refractivity contribution in [2.75, 3.05) is 6.61 Å². The van der Waals surface area contributed by atoms with Crippen LogP contribution in [-0.4, -0.2) is 18.3 Å². The van der Waals surface area contributed by atoms with E-state index in [1.54, 1.807) is 24.3 Å². The summed E-state index contributed by atoms with van der Waals surface area (Å²) in [6.45, 7) is 5.62. The number of unbranched alkanes of at least 4 members (excludes halogenated alkanes) is 1. The Balaban J connectivity index is 2.23. The molecule has 0 saturated heterocycles. The Morgan fingerprint density at radius 3 is 2.19 bits per heavy atom. The van der Waals surface area contributed by atoms with E-state index in [9.17, 15) is 13.6 Å². The second kappa shape index (κ2) is 7.96. The molecule has 0 fully saturated rings. The third-order valence-electron chi connectivity index (χ3n) is 4.47. The van der Waals surface area contributed by atoms with Gasteiger partial charge in [0.1, 0.15) is 11.3 Å². The minimum atomic E-state index is -3.76. The van der Waals surface area contributed by atoms with Crippen LogP contribution in [0.15, 0.2) is 48.5 Å². The van der Waals surface area contributed by atoms with Crippen molar-refractivity contribution in [1.82, 2.24) is 0 Å².